The average Bonchev–Trinajstić information content (AvgIpc) is 3.51. The van der Waals surface area contributed by atoms with Crippen molar-refractivity contribution in [1.29, 1.82) is 5.26 Å². The van der Waals surface area contributed by atoms with E-state index in [9.17, 15) is 14.7 Å². The highest BCUT2D eigenvalue weighted by Crippen LogP contribution is 2.38. The van der Waals surface area contributed by atoms with Crippen LogP contribution in [0.4, 0.5) is 20.3 Å². The molecular formula is C31H27ClF2N6O3. The molecule has 0 spiro atoms. The van der Waals surface area contributed by atoms with Gasteiger partial charge in [-0.25, -0.2) is 18.6 Å². The maximum atomic E-state index is 15.7. The molecule has 0 radical (unpaired) electrons. The fourth-order valence-corrected chi connectivity index (χ4v) is 6.28. The highest BCUT2D eigenvalue weighted by atomic mass is 35.5. The Hall–Kier alpha value is -4.53. The Bertz CT molecular complexity index is 1830. The van der Waals surface area contributed by atoms with Gasteiger partial charge in [0, 0.05) is 45.1 Å². The summed E-state index contributed by atoms with van der Waals surface area (Å²) in [6, 6.07) is 11.1. The number of anilines is 2. The van der Waals surface area contributed by atoms with E-state index in [2.05, 4.69) is 9.88 Å². The molecule has 9 nitrogen and oxygen atoms in total. The summed E-state index contributed by atoms with van der Waals surface area (Å²) in [5, 5.41) is 18.4. The summed E-state index contributed by atoms with van der Waals surface area (Å²) in [6.07, 6.45) is 4.74. The number of carboxylic acids is 1. The molecule has 43 heavy (non-hydrogen) atoms. The van der Waals surface area contributed by atoms with E-state index < -0.39 is 28.6 Å². The van der Waals surface area contributed by atoms with E-state index >= 15 is 8.78 Å². The third-order valence-electron chi connectivity index (χ3n) is 8.06. The lowest BCUT2D eigenvalue weighted by Gasteiger charge is -2.37. The molecule has 0 unspecified atom stereocenters. The molecule has 0 aliphatic carbocycles. The topological polar surface area (TPSA) is 106 Å². The molecule has 0 amide bonds. The van der Waals surface area contributed by atoms with Crippen molar-refractivity contribution in [2.75, 3.05) is 49.1 Å². The smallest absolute Gasteiger partial charge is 0.341 e. The van der Waals surface area contributed by atoms with E-state index in [1.165, 1.54) is 22.9 Å². The first-order valence-electron chi connectivity index (χ1n) is 13.9. The second-order valence-electron chi connectivity index (χ2n) is 10.7. The first-order chi connectivity index (χ1) is 20.7. The number of pyridine rings is 2. The predicted octanol–water partition coefficient (Wildman–Crippen LogP) is 4.81. The second-order valence-corrected chi connectivity index (χ2v) is 11.1. The van der Waals surface area contributed by atoms with Crippen LogP contribution in [0.15, 0.2) is 53.6 Å². The van der Waals surface area contributed by atoms with Crippen LogP contribution in [0.3, 0.4) is 0 Å². The number of halogens is 3. The third kappa shape index (κ3) is 5.40. The Morgan fingerprint density at radius 1 is 1.00 bits per heavy atom. The summed E-state index contributed by atoms with van der Waals surface area (Å²) in [4.78, 5) is 35.4. The zero-order valence-electron chi connectivity index (χ0n) is 23.1. The maximum Gasteiger partial charge on any atom is 0.341 e. The normalized spacial score (nSPS) is 15.7. The lowest BCUT2D eigenvalue weighted by atomic mass is 10.1. The number of nitrogens with zero attached hydrogens (tertiary/aromatic N) is 6. The van der Waals surface area contributed by atoms with E-state index in [0.29, 0.717) is 44.1 Å². The maximum absolute atomic E-state index is 15.7. The standard InChI is InChI=1S/C31H27ClF2N6O3/c32-27-28-21(14-24(34)29(27)39-11-9-38(10-12-39)26-6-4-20(15-35)16-36-26)30(41)22(31(42)43)18-40(28)25-5-3-19(13-23(25)33)17-37-7-1-2-8-37/h3-6,13-14,16,18H,1-2,7-12,17H2,(H,42,43). The summed E-state index contributed by atoms with van der Waals surface area (Å²) in [6.45, 7) is 4.15. The van der Waals surface area contributed by atoms with E-state index in [0.717, 1.165) is 43.8 Å². The summed E-state index contributed by atoms with van der Waals surface area (Å²) < 4.78 is 32.6. The van der Waals surface area contributed by atoms with Crippen molar-refractivity contribution in [2.24, 2.45) is 0 Å². The van der Waals surface area contributed by atoms with Crippen molar-refractivity contribution in [1.82, 2.24) is 14.5 Å². The van der Waals surface area contributed by atoms with Gasteiger partial charge >= 0.3 is 5.97 Å². The Morgan fingerprint density at radius 2 is 1.72 bits per heavy atom. The average molecular weight is 605 g/mol. The van der Waals surface area contributed by atoms with Gasteiger partial charge in [0.1, 0.15) is 29.1 Å². The molecule has 6 rings (SSSR count). The number of aromatic nitrogens is 2. The molecule has 4 aromatic rings. The second kappa shape index (κ2) is 11.6. The van der Waals surface area contributed by atoms with Gasteiger partial charge in [-0.05, 0) is 61.8 Å². The fraction of sp³-hybridized carbons (Fsp3) is 0.290. The molecule has 4 heterocycles. The van der Waals surface area contributed by atoms with Crippen LogP contribution in [0.2, 0.25) is 5.02 Å². The van der Waals surface area contributed by atoms with Crippen molar-refractivity contribution in [3.05, 3.63) is 92.4 Å². The molecule has 2 fully saturated rings. The summed E-state index contributed by atoms with van der Waals surface area (Å²) in [5.41, 5.74) is -0.261. The number of rotatable bonds is 6. The molecule has 2 aliphatic rings. The fourth-order valence-electron chi connectivity index (χ4n) is 5.88. The van der Waals surface area contributed by atoms with Gasteiger partial charge in [0.25, 0.3) is 0 Å². The Morgan fingerprint density at radius 3 is 2.35 bits per heavy atom. The number of carbonyl (C=O) groups is 1. The molecule has 2 saturated heterocycles. The van der Waals surface area contributed by atoms with Crippen LogP contribution in [-0.4, -0.2) is 64.8 Å². The van der Waals surface area contributed by atoms with Gasteiger partial charge in [0.2, 0.25) is 5.43 Å². The van der Waals surface area contributed by atoms with Gasteiger partial charge in [0.05, 0.1) is 32.9 Å². The minimum Gasteiger partial charge on any atom is -0.477 e. The zero-order valence-corrected chi connectivity index (χ0v) is 23.8. The number of carboxylic acid groups (broad SMARTS) is 1. The van der Waals surface area contributed by atoms with Gasteiger partial charge in [-0.3, -0.25) is 9.69 Å². The van der Waals surface area contributed by atoms with Crippen LogP contribution < -0.4 is 15.2 Å². The Labute approximate surface area is 250 Å². The summed E-state index contributed by atoms with van der Waals surface area (Å²) >= 11 is 6.85. The largest absolute Gasteiger partial charge is 0.477 e. The van der Waals surface area contributed by atoms with E-state index in [-0.39, 0.29) is 27.3 Å². The zero-order chi connectivity index (χ0) is 30.2. The number of hydrogen-bond acceptors (Lipinski definition) is 7. The molecule has 2 aromatic carbocycles. The Kier molecular flexibility index (Phi) is 7.73. The minimum atomic E-state index is -1.51. The molecule has 220 valence electrons. The SMILES string of the molecule is N#Cc1ccc(N2CCN(c3c(F)cc4c(=O)c(C(=O)O)cn(-c5ccc(CN6CCCC6)cc5F)c4c3Cl)CC2)nc1. The van der Waals surface area contributed by atoms with Crippen molar-refractivity contribution in [3.63, 3.8) is 0 Å². The Balaban J connectivity index is 1.40. The van der Waals surface area contributed by atoms with Crippen molar-refractivity contribution in [3.8, 4) is 11.8 Å². The minimum absolute atomic E-state index is 0.00570. The van der Waals surface area contributed by atoms with Crippen LogP contribution in [0.5, 0.6) is 0 Å². The molecule has 0 atom stereocenters. The van der Waals surface area contributed by atoms with Gasteiger partial charge in [-0.2, -0.15) is 5.26 Å². The van der Waals surface area contributed by atoms with Gasteiger partial charge in [-0.1, -0.05) is 17.7 Å². The quantitative estimate of drug-likeness (QED) is 0.334. The van der Waals surface area contributed by atoms with Gasteiger partial charge < -0.3 is 19.5 Å². The van der Waals surface area contributed by atoms with E-state index in [1.807, 2.05) is 11.0 Å². The molecule has 12 heteroatoms. The van der Waals surface area contributed by atoms with Crippen molar-refractivity contribution < 1.29 is 18.7 Å². The lowest BCUT2D eigenvalue weighted by Crippen LogP contribution is -2.47. The lowest BCUT2D eigenvalue weighted by molar-refractivity contribution is 0.0695. The number of hydrogen-bond donors (Lipinski definition) is 1. The van der Waals surface area contributed by atoms with Crippen LogP contribution in [0, 0.1) is 23.0 Å². The predicted molar refractivity (Wildman–Crippen MR) is 159 cm³/mol. The molecule has 2 aromatic heterocycles. The highest BCUT2D eigenvalue weighted by Gasteiger charge is 2.28. The summed E-state index contributed by atoms with van der Waals surface area (Å²) in [5.74, 6) is -2.24. The molecule has 0 bridgehead atoms. The number of piperazine rings is 1. The number of benzene rings is 2. The number of likely N-dealkylation sites (tertiary alicyclic amines) is 1. The van der Waals surface area contributed by atoms with Crippen LogP contribution >= 0.6 is 11.6 Å². The van der Waals surface area contributed by atoms with Crippen LogP contribution in [0.1, 0.15) is 34.3 Å². The van der Waals surface area contributed by atoms with Gasteiger partial charge in [0.15, 0.2) is 0 Å². The highest BCUT2D eigenvalue weighted by molar-refractivity contribution is 6.38. The molecule has 2 aliphatic heterocycles. The van der Waals surface area contributed by atoms with E-state index in [1.54, 1.807) is 23.1 Å². The molecule has 0 saturated carbocycles. The first kappa shape index (κ1) is 28.6. The first-order valence-corrected chi connectivity index (χ1v) is 14.3. The molecule has 1 N–H and O–H groups in total. The van der Waals surface area contributed by atoms with Crippen molar-refractivity contribution in [2.45, 2.75) is 19.4 Å². The van der Waals surface area contributed by atoms with Gasteiger partial charge in [-0.15, -0.1) is 0 Å². The number of fused-ring (bicyclic) bond motifs is 1. The number of aromatic carboxylic acids is 1. The van der Waals surface area contributed by atoms with Crippen LogP contribution in [0.25, 0.3) is 16.6 Å². The molecular weight excluding hydrogens is 578 g/mol. The van der Waals surface area contributed by atoms with E-state index in [4.69, 9.17) is 16.9 Å². The van der Waals surface area contributed by atoms with Crippen molar-refractivity contribution >= 4 is 40.0 Å². The third-order valence-corrected chi connectivity index (χ3v) is 8.42. The summed E-state index contributed by atoms with van der Waals surface area (Å²) in [7, 11) is 0. The monoisotopic (exact) mass is 604 g/mol. The number of nitriles is 1. The van der Waals surface area contributed by atoms with Crippen LogP contribution in [-0.2, 0) is 6.54 Å².